The summed E-state index contributed by atoms with van der Waals surface area (Å²) in [7, 11) is -3.46. The molecular weight excluding hydrogens is 288 g/mol. The number of rotatable bonds is 7. The lowest BCUT2D eigenvalue weighted by Gasteiger charge is -2.25. The molecule has 1 rings (SSSR count). The van der Waals surface area contributed by atoms with E-state index in [0.29, 0.717) is 19.5 Å². The largest absolute Gasteiger partial charge is 0.392 e. The van der Waals surface area contributed by atoms with E-state index in [1.807, 2.05) is 24.4 Å². The average Bonchev–Trinajstić information content (AvgIpc) is 2.78. The molecular formula is C11H18N2O2S3. The fraction of sp³-hybridized carbons (Fsp3) is 0.545. The van der Waals surface area contributed by atoms with Crippen LogP contribution in [0, 0.1) is 0 Å². The Morgan fingerprint density at radius 2 is 2.22 bits per heavy atom. The van der Waals surface area contributed by atoms with E-state index in [9.17, 15) is 8.42 Å². The first kappa shape index (κ1) is 15.6. The first-order valence-corrected chi connectivity index (χ1v) is 8.53. The van der Waals surface area contributed by atoms with Gasteiger partial charge in [-0.1, -0.05) is 32.1 Å². The number of nitrogens with zero attached hydrogens (tertiary/aromatic N) is 1. The van der Waals surface area contributed by atoms with E-state index >= 15 is 0 Å². The van der Waals surface area contributed by atoms with Crippen molar-refractivity contribution in [2.75, 3.05) is 6.54 Å². The SMILES string of the molecule is CCC(C(N)=S)S(=O)(=O)N(CC)Cc1cccs1. The van der Waals surface area contributed by atoms with E-state index in [-0.39, 0.29) is 4.99 Å². The van der Waals surface area contributed by atoms with E-state index < -0.39 is 15.3 Å². The van der Waals surface area contributed by atoms with Gasteiger partial charge in [-0.15, -0.1) is 11.3 Å². The van der Waals surface area contributed by atoms with Crippen molar-refractivity contribution in [3.05, 3.63) is 22.4 Å². The van der Waals surface area contributed by atoms with Gasteiger partial charge < -0.3 is 5.73 Å². The van der Waals surface area contributed by atoms with Crippen LogP contribution in [0.2, 0.25) is 0 Å². The smallest absolute Gasteiger partial charge is 0.223 e. The minimum Gasteiger partial charge on any atom is -0.392 e. The van der Waals surface area contributed by atoms with Gasteiger partial charge in [0.2, 0.25) is 10.0 Å². The zero-order valence-electron chi connectivity index (χ0n) is 10.5. The van der Waals surface area contributed by atoms with Gasteiger partial charge in [-0.2, -0.15) is 4.31 Å². The third-order valence-electron chi connectivity index (χ3n) is 2.67. The van der Waals surface area contributed by atoms with Gasteiger partial charge >= 0.3 is 0 Å². The van der Waals surface area contributed by atoms with E-state index in [1.165, 1.54) is 4.31 Å². The molecule has 18 heavy (non-hydrogen) atoms. The standard InChI is InChI=1S/C11H18N2O2S3/c1-3-10(11(12)16)18(14,15)13(4-2)8-9-6-5-7-17-9/h5-7,10H,3-4,8H2,1-2H3,(H2,12,16). The van der Waals surface area contributed by atoms with Crippen LogP contribution in [0.3, 0.4) is 0 Å². The van der Waals surface area contributed by atoms with Crippen LogP contribution in [0.25, 0.3) is 0 Å². The van der Waals surface area contributed by atoms with E-state index in [0.717, 1.165) is 4.88 Å². The monoisotopic (exact) mass is 306 g/mol. The number of hydrogen-bond donors (Lipinski definition) is 1. The maximum Gasteiger partial charge on any atom is 0.223 e. The van der Waals surface area contributed by atoms with Gasteiger partial charge in [-0.05, 0) is 17.9 Å². The van der Waals surface area contributed by atoms with Crippen molar-refractivity contribution in [3.8, 4) is 0 Å². The summed E-state index contributed by atoms with van der Waals surface area (Å²) < 4.78 is 26.3. The molecule has 1 heterocycles. The number of nitrogens with two attached hydrogens (primary N) is 1. The molecule has 1 atom stereocenters. The molecule has 1 unspecified atom stereocenters. The minimum absolute atomic E-state index is 0.0436. The second-order valence-electron chi connectivity index (χ2n) is 3.85. The van der Waals surface area contributed by atoms with Gasteiger partial charge in [0, 0.05) is 18.0 Å². The van der Waals surface area contributed by atoms with Gasteiger partial charge in [0.15, 0.2) is 0 Å². The predicted molar refractivity (Wildman–Crippen MR) is 80.2 cm³/mol. The molecule has 0 radical (unpaired) electrons. The van der Waals surface area contributed by atoms with Crippen LogP contribution in [0.4, 0.5) is 0 Å². The van der Waals surface area contributed by atoms with Gasteiger partial charge in [0.05, 0.1) is 4.99 Å². The van der Waals surface area contributed by atoms with Crippen LogP contribution >= 0.6 is 23.6 Å². The Labute approximate surface area is 118 Å². The van der Waals surface area contributed by atoms with Crippen molar-refractivity contribution < 1.29 is 8.42 Å². The first-order chi connectivity index (χ1) is 8.43. The fourth-order valence-electron chi connectivity index (χ4n) is 1.70. The molecule has 0 bridgehead atoms. The average molecular weight is 306 g/mol. The number of sulfonamides is 1. The van der Waals surface area contributed by atoms with E-state index in [4.69, 9.17) is 18.0 Å². The third kappa shape index (κ3) is 3.50. The summed E-state index contributed by atoms with van der Waals surface area (Å²) in [5.41, 5.74) is 5.53. The fourth-order valence-corrected chi connectivity index (χ4v) is 4.78. The van der Waals surface area contributed by atoms with Gasteiger partial charge in [-0.3, -0.25) is 0 Å². The van der Waals surface area contributed by atoms with Crippen molar-refractivity contribution in [1.29, 1.82) is 0 Å². The van der Waals surface area contributed by atoms with E-state index in [2.05, 4.69) is 0 Å². The lowest BCUT2D eigenvalue weighted by atomic mass is 10.3. The Morgan fingerprint density at radius 1 is 1.56 bits per heavy atom. The summed E-state index contributed by atoms with van der Waals surface area (Å²) in [6.07, 6.45) is 0.401. The van der Waals surface area contributed by atoms with Crippen LogP contribution in [0.1, 0.15) is 25.1 Å². The number of thiophene rings is 1. The van der Waals surface area contributed by atoms with Crippen LogP contribution in [0.15, 0.2) is 17.5 Å². The van der Waals surface area contributed by atoms with Crippen molar-refractivity contribution in [1.82, 2.24) is 4.31 Å². The van der Waals surface area contributed by atoms with Gasteiger partial charge in [-0.25, -0.2) is 8.42 Å². The highest BCUT2D eigenvalue weighted by Gasteiger charge is 2.32. The van der Waals surface area contributed by atoms with E-state index in [1.54, 1.807) is 18.3 Å². The van der Waals surface area contributed by atoms with Crippen LogP contribution in [0.5, 0.6) is 0 Å². The van der Waals surface area contributed by atoms with Crippen LogP contribution < -0.4 is 5.73 Å². The molecule has 0 fully saturated rings. The molecule has 0 aliphatic heterocycles. The second kappa shape index (κ2) is 6.60. The molecule has 0 amide bonds. The topological polar surface area (TPSA) is 63.4 Å². The molecule has 0 aromatic carbocycles. The summed E-state index contributed by atoms with van der Waals surface area (Å²) in [5, 5.41) is 1.16. The summed E-state index contributed by atoms with van der Waals surface area (Å²) in [6, 6.07) is 3.83. The zero-order chi connectivity index (χ0) is 13.8. The number of thiocarbonyl (C=S) groups is 1. The predicted octanol–water partition coefficient (Wildman–Crippen LogP) is 1.96. The summed E-state index contributed by atoms with van der Waals surface area (Å²) >= 11 is 6.39. The molecule has 0 aliphatic rings. The highest BCUT2D eigenvalue weighted by atomic mass is 32.2. The molecule has 0 aliphatic carbocycles. The maximum absolute atomic E-state index is 12.4. The summed E-state index contributed by atoms with van der Waals surface area (Å²) in [6.45, 7) is 4.40. The Kier molecular flexibility index (Phi) is 5.71. The highest BCUT2D eigenvalue weighted by molar-refractivity contribution is 7.92. The Balaban J connectivity index is 2.96. The molecule has 2 N–H and O–H groups in total. The Hall–Kier alpha value is -0.500. The molecule has 0 saturated heterocycles. The van der Waals surface area contributed by atoms with Crippen molar-refractivity contribution >= 4 is 38.6 Å². The normalized spacial score (nSPS) is 13.7. The van der Waals surface area contributed by atoms with Crippen LogP contribution in [-0.2, 0) is 16.6 Å². The Bertz CT molecular complexity index is 482. The van der Waals surface area contributed by atoms with Crippen molar-refractivity contribution in [2.45, 2.75) is 32.1 Å². The Morgan fingerprint density at radius 3 is 2.61 bits per heavy atom. The third-order valence-corrected chi connectivity index (χ3v) is 6.38. The van der Waals surface area contributed by atoms with Gasteiger partial charge in [0.25, 0.3) is 0 Å². The van der Waals surface area contributed by atoms with Crippen molar-refractivity contribution in [3.63, 3.8) is 0 Å². The lowest BCUT2D eigenvalue weighted by molar-refractivity contribution is 0.422. The molecule has 1 aromatic rings. The van der Waals surface area contributed by atoms with Crippen molar-refractivity contribution in [2.24, 2.45) is 5.73 Å². The molecule has 0 saturated carbocycles. The molecule has 0 spiro atoms. The van der Waals surface area contributed by atoms with Crippen LogP contribution in [-0.4, -0.2) is 29.5 Å². The zero-order valence-corrected chi connectivity index (χ0v) is 12.9. The quantitative estimate of drug-likeness (QED) is 0.782. The first-order valence-electron chi connectivity index (χ1n) is 5.74. The minimum atomic E-state index is -3.46. The molecule has 1 aromatic heterocycles. The lowest BCUT2D eigenvalue weighted by Crippen LogP contribution is -2.43. The summed E-state index contributed by atoms with van der Waals surface area (Å²) in [5.74, 6) is 0. The summed E-state index contributed by atoms with van der Waals surface area (Å²) in [4.78, 5) is 1.06. The number of hydrogen-bond acceptors (Lipinski definition) is 4. The maximum atomic E-state index is 12.4. The van der Waals surface area contributed by atoms with Gasteiger partial charge in [0.1, 0.15) is 5.25 Å². The molecule has 102 valence electrons. The second-order valence-corrected chi connectivity index (χ2v) is 7.47. The molecule has 7 heteroatoms. The highest BCUT2D eigenvalue weighted by Crippen LogP contribution is 2.18. The molecule has 4 nitrogen and oxygen atoms in total.